The van der Waals surface area contributed by atoms with E-state index in [4.69, 9.17) is 9.47 Å². The molecule has 0 atom stereocenters. The summed E-state index contributed by atoms with van der Waals surface area (Å²) in [6, 6.07) is 25.9. The Morgan fingerprint density at radius 2 is 1.08 bits per heavy atom. The van der Waals surface area contributed by atoms with Crippen molar-refractivity contribution in [1.29, 1.82) is 0 Å². The molecule has 3 aromatic rings. The smallest absolute Gasteiger partial charge is 0.119 e. The third-order valence-corrected chi connectivity index (χ3v) is 7.50. The zero-order chi connectivity index (χ0) is 24.4. The molecule has 0 unspecified atom stereocenters. The molecule has 2 fully saturated rings. The minimum atomic E-state index is 0.758. The molecule has 5 rings (SSSR count). The van der Waals surface area contributed by atoms with Gasteiger partial charge in [-0.1, -0.05) is 55.0 Å². The Balaban J connectivity index is 1.14. The fraction of sp³-hybridized carbons (Fsp3) is 0.438. The molecule has 0 N–H and O–H groups in total. The van der Waals surface area contributed by atoms with Crippen molar-refractivity contribution in [2.75, 3.05) is 52.5 Å². The summed E-state index contributed by atoms with van der Waals surface area (Å²) in [5.41, 5.74) is 5.14. The summed E-state index contributed by atoms with van der Waals surface area (Å²) < 4.78 is 12.0. The van der Waals surface area contributed by atoms with E-state index in [-0.39, 0.29) is 0 Å². The Hall–Kier alpha value is -2.82. The van der Waals surface area contributed by atoms with Crippen molar-refractivity contribution in [2.24, 2.45) is 0 Å². The summed E-state index contributed by atoms with van der Waals surface area (Å²) in [7, 11) is 0. The van der Waals surface area contributed by atoms with Gasteiger partial charge in [0.15, 0.2) is 0 Å². The maximum atomic E-state index is 6.02. The van der Waals surface area contributed by atoms with E-state index in [9.17, 15) is 0 Å². The van der Waals surface area contributed by atoms with Gasteiger partial charge in [-0.2, -0.15) is 0 Å². The second-order valence-corrected chi connectivity index (χ2v) is 10.2. The van der Waals surface area contributed by atoms with Crippen molar-refractivity contribution in [3.63, 3.8) is 0 Å². The highest BCUT2D eigenvalue weighted by atomic mass is 16.5. The lowest BCUT2D eigenvalue weighted by atomic mass is 9.95. The zero-order valence-electron chi connectivity index (χ0n) is 21.5. The SMILES string of the molecule is c1ccc(-c2ccc(OCCN3CCCC3)cc2)c(Cc2ccc(OCCN3CCCCC3)cc2)c1. The molecule has 190 valence electrons. The van der Waals surface area contributed by atoms with Gasteiger partial charge in [0.25, 0.3) is 0 Å². The predicted octanol–water partition coefficient (Wildman–Crippen LogP) is 6.28. The summed E-state index contributed by atoms with van der Waals surface area (Å²) in [6.07, 6.45) is 7.58. The standard InChI is InChI=1S/C32H40N2O2/c1-4-18-33(19-5-1)22-24-35-30-14-10-27(11-15-30)26-29-8-2-3-9-32(29)28-12-16-31(17-13-28)36-25-23-34-20-6-7-21-34/h2-3,8-17H,1,4-7,18-26H2. The van der Waals surface area contributed by atoms with Crippen LogP contribution in [0.15, 0.2) is 72.8 Å². The van der Waals surface area contributed by atoms with Crippen molar-refractivity contribution in [2.45, 2.75) is 38.5 Å². The molecule has 2 saturated heterocycles. The highest BCUT2D eigenvalue weighted by Crippen LogP contribution is 2.28. The van der Waals surface area contributed by atoms with Crippen molar-refractivity contribution >= 4 is 0 Å². The molecule has 36 heavy (non-hydrogen) atoms. The van der Waals surface area contributed by atoms with E-state index in [1.54, 1.807) is 0 Å². The molecule has 0 radical (unpaired) electrons. The van der Waals surface area contributed by atoms with Crippen LogP contribution in [0.4, 0.5) is 0 Å². The molecular formula is C32H40N2O2. The summed E-state index contributed by atoms with van der Waals surface area (Å²) in [5, 5.41) is 0. The van der Waals surface area contributed by atoms with E-state index in [1.165, 1.54) is 80.5 Å². The summed E-state index contributed by atoms with van der Waals surface area (Å²) >= 11 is 0. The average molecular weight is 485 g/mol. The molecule has 2 aliphatic heterocycles. The first kappa shape index (κ1) is 24.9. The van der Waals surface area contributed by atoms with Gasteiger partial charge in [0, 0.05) is 13.1 Å². The Morgan fingerprint density at radius 3 is 1.69 bits per heavy atom. The highest BCUT2D eigenvalue weighted by molar-refractivity contribution is 5.68. The number of nitrogens with zero attached hydrogens (tertiary/aromatic N) is 2. The average Bonchev–Trinajstić information content (AvgIpc) is 3.45. The third kappa shape index (κ3) is 7.11. The Bertz CT molecular complexity index is 1050. The van der Waals surface area contributed by atoms with Gasteiger partial charge in [0.2, 0.25) is 0 Å². The minimum absolute atomic E-state index is 0.758. The number of hydrogen-bond donors (Lipinski definition) is 0. The maximum Gasteiger partial charge on any atom is 0.119 e. The number of likely N-dealkylation sites (tertiary alicyclic amines) is 2. The van der Waals surface area contributed by atoms with Gasteiger partial charge in [-0.15, -0.1) is 0 Å². The van der Waals surface area contributed by atoms with Gasteiger partial charge >= 0.3 is 0 Å². The van der Waals surface area contributed by atoms with E-state index in [2.05, 4.69) is 82.6 Å². The van der Waals surface area contributed by atoms with Crippen LogP contribution in [0.1, 0.15) is 43.2 Å². The zero-order valence-corrected chi connectivity index (χ0v) is 21.5. The quantitative estimate of drug-likeness (QED) is 0.320. The molecule has 4 nitrogen and oxygen atoms in total. The van der Waals surface area contributed by atoms with Gasteiger partial charge in [-0.05, 0) is 105 Å². The normalized spacial score (nSPS) is 16.8. The highest BCUT2D eigenvalue weighted by Gasteiger charge is 2.12. The molecule has 0 bridgehead atoms. The Kier molecular flexibility index (Phi) is 8.93. The van der Waals surface area contributed by atoms with Crippen LogP contribution in [-0.4, -0.2) is 62.3 Å². The van der Waals surface area contributed by atoms with Gasteiger partial charge in [0.1, 0.15) is 24.7 Å². The van der Waals surface area contributed by atoms with Gasteiger partial charge in [0.05, 0.1) is 0 Å². The summed E-state index contributed by atoms with van der Waals surface area (Å²) in [4.78, 5) is 5.00. The molecule has 2 aliphatic rings. The van der Waals surface area contributed by atoms with Crippen LogP contribution in [0, 0.1) is 0 Å². The summed E-state index contributed by atoms with van der Waals surface area (Å²) in [5.74, 6) is 1.91. The lowest BCUT2D eigenvalue weighted by Crippen LogP contribution is -2.33. The largest absolute Gasteiger partial charge is 0.492 e. The molecule has 0 amide bonds. The van der Waals surface area contributed by atoms with Gasteiger partial charge in [-0.3, -0.25) is 9.80 Å². The van der Waals surface area contributed by atoms with Gasteiger partial charge in [-0.25, -0.2) is 0 Å². The first-order valence-electron chi connectivity index (χ1n) is 13.8. The molecule has 0 aromatic heterocycles. The molecule has 3 aromatic carbocycles. The summed E-state index contributed by atoms with van der Waals surface area (Å²) in [6.45, 7) is 8.44. The van der Waals surface area contributed by atoms with Crippen LogP contribution in [0.5, 0.6) is 11.5 Å². The van der Waals surface area contributed by atoms with E-state index in [1.807, 2.05) is 0 Å². The van der Waals surface area contributed by atoms with Crippen molar-refractivity contribution in [1.82, 2.24) is 9.80 Å². The van der Waals surface area contributed by atoms with E-state index < -0.39 is 0 Å². The third-order valence-electron chi connectivity index (χ3n) is 7.50. The van der Waals surface area contributed by atoms with Crippen LogP contribution in [0.25, 0.3) is 11.1 Å². The topological polar surface area (TPSA) is 24.9 Å². The van der Waals surface area contributed by atoms with E-state index in [0.29, 0.717) is 0 Å². The Labute approximate surface area is 216 Å². The number of rotatable bonds is 11. The monoisotopic (exact) mass is 484 g/mol. The number of ether oxygens (including phenoxy) is 2. The van der Waals surface area contributed by atoms with Crippen LogP contribution < -0.4 is 9.47 Å². The van der Waals surface area contributed by atoms with Crippen LogP contribution >= 0.6 is 0 Å². The van der Waals surface area contributed by atoms with Crippen LogP contribution in [0.2, 0.25) is 0 Å². The van der Waals surface area contributed by atoms with Crippen LogP contribution in [0.3, 0.4) is 0 Å². The van der Waals surface area contributed by atoms with Crippen molar-refractivity contribution < 1.29 is 9.47 Å². The Morgan fingerprint density at radius 1 is 0.556 bits per heavy atom. The second kappa shape index (κ2) is 12.9. The lowest BCUT2D eigenvalue weighted by Gasteiger charge is -2.26. The van der Waals surface area contributed by atoms with Crippen molar-refractivity contribution in [3.05, 3.63) is 83.9 Å². The number of benzene rings is 3. The number of hydrogen-bond acceptors (Lipinski definition) is 4. The molecule has 4 heteroatoms. The fourth-order valence-electron chi connectivity index (χ4n) is 5.38. The van der Waals surface area contributed by atoms with E-state index >= 15 is 0 Å². The van der Waals surface area contributed by atoms with Gasteiger partial charge < -0.3 is 9.47 Å². The molecular weight excluding hydrogens is 444 g/mol. The lowest BCUT2D eigenvalue weighted by molar-refractivity contribution is 0.183. The second-order valence-electron chi connectivity index (χ2n) is 10.2. The molecule has 0 spiro atoms. The number of piperidine rings is 1. The predicted molar refractivity (Wildman–Crippen MR) is 148 cm³/mol. The van der Waals surface area contributed by atoms with Crippen LogP contribution in [-0.2, 0) is 6.42 Å². The molecule has 0 aliphatic carbocycles. The first-order valence-corrected chi connectivity index (χ1v) is 13.8. The minimum Gasteiger partial charge on any atom is -0.492 e. The first-order chi connectivity index (χ1) is 17.8. The molecule has 0 saturated carbocycles. The van der Waals surface area contributed by atoms with E-state index in [0.717, 1.165) is 44.2 Å². The van der Waals surface area contributed by atoms with Crippen molar-refractivity contribution in [3.8, 4) is 22.6 Å². The molecule has 2 heterocycles. The maximum absolute atomic E-state index is 6.02. The fourth-order valence-corrected chi connectivity index (χ4v) is 5.38.